The Kier molecular flexibility index (Phi) is 6.64. The third-order valence-electron chi connectivity index (χ3n) is 4.36. The summed E-state index contributed by atoms with van der Waals surface area (Å²) in [6.07, 6.45) is 0.153. The molecule has 6 nitrogen and oxygen atoms in total. The van der Waals surface area contributed by atoms with Crippen molar-refractivity contribution in [2.45, 2.75) is 18.2 Å². The molecule has 3 aromatic carbocycles. The predicted octanol–water partition coefficient (Wildman–Crippen LogP) is 4.64. The molecule has 0 heterocycles. The van der Waals surface area contributed by atoms with E-state index in [1.165, 1.54) is 12.1 Å². The first-order chi connectivity index (χ1) is 14.3. The molecule has 2 N–H and O–H groups in total. The topological polar surface area (TPSA) is 84.5 Å². The first kappa shape index (κ1) is 21.7. The maximum absolute atomic E-state index is 12.8. The highest BCUT2D eigenvalue weighted by Gasteiger charge is 2.18. The number of methoxy groups -OCH3 is 1. The molecule has 1 amide bonds. The first-order valence-corrected chi connectivity index (χ1v) is 10.9. The van der Waals surface area contributed by atoms with Gasteiger partial charge in [0.1, 0.15) is 5.75 Å². The Labute approximate surface area is 180 Å². The molecule has 0 atom stereocenters. The van der Waals surface area contributed by atoms with E-state index in [0.29, 0.717) is 27.7 Å². The quantitative estimate of drug-likeness (QED) is 0.556. The second-order valence-electron chi connectivity index (χ2n) is 6.67. The molecule has 0 saturated carbocycles. The zero-order chi connectivity index (χ0) is 21.7. The van der Waals surface area contributed by atoms with Gasteiger partial charge in [0.05, 0.1) is 24.1 Å². The standard InChI is InChI=1S/C22H21ClN2O4S/c1-15-6-9-18(24-22(26)12-16-7-10-20(29-2)11-8-16)14-21(15)30(27,28)25-19-5-3-4-17(23)13-19/h3-11,13-14,25H,12H2,1-2H3,(H,24,26). The third-order valence-corrected chi connectivity index (χ3v) is 6.12. The van der Waals surface area contributed by atoms with Crippen LogP contribution in [0.25, 0.3) is 0 Å². The van der Waals surface area contributed by atoms with E-state index in [4.69, 9.17) is 16.3 Å². The summed E-state index contributed by atoms with van der Waals surface area (Å²) in [6, 6.07) is 18.4. The molecular weight excluding hydrogens is 424 g/mol. The third kappa shape index (κ3) is 5.52. The van der Waals surface area contributed by atoms with E-state index in [0.717, 1.165) is 5.56 Å². The molecule has 0 aromatic heterocycles. The number of carbonyl (C=O) groups is 1. The molecule has 0 aliphatic carbocycles. The Bertz CT molecular complexity index is 1160. The van der Waals surface area contributed by atoms with Crippen LogP contribution in [0.3, 0.4) is 0 Å². The van der Waals surface area contributed by atoms with Crippen LogP contribution in [-0.2, 0) is 21.2 Å². The molecule has 0 fully saturated rings. The smallest absolute Gasteiger partial charge is 0.262 e. The van der Waals surface area contributed by atoms with Gasteiger partial charge in [0.25, 0.3) is 10.0 Å². The molecule has 0 aliphatic rings. The van der Waals surface area contributed by atoms with Gasteiger partial charge in [0, 0.05) is 10.7 Å². The number of rotatable bonds is 7. The fraction of sp³-hybridized carbons (Fsp3) is 0.136. The summed E-state index contributed by atoms with van der Waals surface area (Å²) in [5.41, 5.74) is 2.12. The van der Waals surface area contributed by atoms with Crippen LogP contribution in [0, 0.1) is 6.92 Å². The van der Waals surface area contributed by atoms with Crippen molar-refractivity contribution in [2.75, 3.05) is 17.1 Å². The van der Waals surface area contributed by atoms with Crippen molar-refractivity contribution >= 4 is 38.9 Å². The highest BCUT2D eigenvalue weighted by Crippen LogP contribution is 2.24. The molecule has 156 valence electrons. The molecular formula is C22H21ClN2O4S. The lowest BCUT2D eigenvalue weighted by Crippen LogP contribution is -2.17. The van der Waals surface area contributed by atoms with Gasteiger partial charge < -0.3 is 10.1 Å². The Balaban J connectivity index is 1.76. The normalized spacial score (nSPS) is 11.0. The minimum Gasteiger partial charge on any atom is -0.497 e. The molecule has 0 unspecified atom stereocenters. The number of carbonyl (C=O) groups excluding carboxylic acids is 1. The molecule has 3 aromatic rings. The maximum atomic E-state index is 12.8. The van der Waals surface area contributed by atoms with Crippen molar-refractivity contribution in [1.29, 1.82) is 0 Å². The van der Waals surface area contributed by atoms with Crippen LogP contribution in [0.1, 0.15) is 11.1 Å². The van der Waals surface area contributed by atoms with Crippen LogP contribution < -0.4 is 14.8 Å². The number of hydrogen-bond acceptors (Lipinski definition) is 4. The largest absolute Gasteiger partial charge is 0.497 e. The van der Waals surface area contributed by atoms with Crippen molar-refractivity contribution in [1.82, 2.24) is 0 Å². The van der Waals surface area contributed by atoms with Crippen LogP contribution in [0.5, 0.6) is 5.75 Å². The van der Waals surface area contributed by atoms with Gasteiger partial charge in [-0.25, -0.2) is 8.42 Å². The first-order valence-electron chi connectivity index (χ1n) is 9.08. The monoisotopic (exact) mass is 444 g/mol. The number of sulfonamides is 1. The van der Waals surface area contributed by atoms with Crippen LogP contribution >= 0.6 is 11.6 Å². The lowest BCUT2D eigenvalue weighted by atomic mass is 10.1. The number of halogens is 1. The average molecular weight is 445 g/mol. The van der Waals surface area contributed by atoms with E-state index in [2.05, 4.69) is 10.0 Å². The molecule has 0 bridgehead atoms. The van der Waals surface area contributed by atoms with Crippen LogP contribution in [0.15, 0.2) is 71.6 Å². The van der Waals surface area contributed by atoms with Crippen molar-refractivity contribution in [3.8, 4) is 5.75 Å². The van der Waals surface area contributed by atoms with E-state index in [9.17, 15) is 13.2 Å². The van der Waals surface area contributed by atoms with E-state index in [1.807, 2.05) is 0 Å². The predicted molar refractivity (Wildman–Crippen MR) is 119 cm³/mol. The molecule has 30 heavy (non-hydrogen) atoms. The van der Waals surface area contributed by atoms with E-state index in [1.54, 1.807) is 68.6 Å². The summed E-state index contributed by atoms with van der Waals surface area (Å²) < 4.78 is 33.3. The molecule has 0 aliphatic heterocycles. The van der Waals surface area contributed by atoms with Gasteiger partial charge in [-0.2, -0.15) is 0 Å². The van der Waals surface area contributed by atoms with Gasteiger partial charge in [-0.05, 0) is 60.5 Å². The van der Waals surface area contributed by atoms with Crippen molar-refractivity contribution in [3.05, 3.63) is 82.9 Å². The highest BCUT2D eigenvalue weighted by atomic mass is 35.5. The van der Waals surface area contributed by atoms with Gasteiger partial charge in [-0.1, -0.05) is 35.9 Å². The Morgan fingerprint density at radius 1 is 1.00 bits per heavy atom. The van der Waals surface area contributed by atoms with Crippen LogP contribution in [-0.4, -0.2) is 21.4 Å². The summed E-state index contributed by atoms with van der Waals surface area (Å²) in [7, 11) is -2.28. The fourth-order valence-electron chi connectivity index (χ4n) is 2.86. The SMILES string of the molecule is COc1ccc(CC(=O)Nc2ccc(C)c(S(=O)(=O)Nc3cccc(Cl)c3)c2)cc1. The van der Waals surface area contributed by atoms with Gasteiger partial charge in [0.15, 0.2) is 0 Å². The van der Waals surface area contributed by atoms with Crippen LogP contribution in [0.4, 0.5) is 11.4 Å². The van der Waals surface area contributed by atoms with E-state index >= 15 is 0 Å². The van der Waals surface area contributed by atoms with Gasteiger partial charge >= 0.3 is 0 Å². The Hall–Kier alpha value is -3.03. The van der Waals surface area contributed by atoms with E-state index < -0.39 is 10.0 Å². The number of benzene rings is 3. The zero-order valence-electron chi connectivity index (χ0n) is 16.5. The Morgan fingerprint density at radius 2 is 1.73 bits per heavy atom. The lowest BCUT2D eigenvalue weighted by Gasteiger charge is -2.13. The minimum atomic E-state index is -3.86. The maximum Gasteiger partial charge on any atom is 0.262 e. The summed E-state index contributed by atoms with van der Waals surface area (Å²) >= 11 is 5.93. The lowest BCUT2D eigenvalue weighted by molar-refractivity contribution is -0.115. The average Bonchev–Trinajstić information content (AvgIpc) is 2.69. The fourth-order valence-corrected chi connectivity index (χ4v) is 4.37. The Morgan fingerprint density at radius 3 is 2.40 bits per heavy atom. The number of hydrogen-bond donors (Lipinski definition) is 2. The van der Waals surface area contributed by atoms with Crippen molar-refractivity contribution < 1.29 is 17.9 Å². The molecule has 0 radical (unpaired) electrons. The molecule has 0 saturated heterocycles. The number of nitrogens with one attached hydrogen (secondary N) is 2. The van der Waals surface area contributed by atoms with Gasteiger partial charge in [-0.3, -0.25) is 9.52 Å². The van der Waals surface area contributed by atoms with E-state index in [-0.39, 0.29) is 17.2 Å². The molecule has 8 heteroatoms. The number of anilines is 2. The zero-order valence-corrected chi connectivity index (χ0v) is 18.0. The van der Waals surface area contributed by atoms with Crippen molar-refractivity contribution in [3.63, 3.8) is 0 Å². The minimum absolute atomic E-state index is 0.0738. The van der Waals surface area contributed by atoms with Crippen LogP contribution in [0.2, 0.25) is 5.02 Å². The summed E-state index contributed by atoms with van der Waals surface area (Å²) in [5.74, 6) is 0.454. The van der Waals surface area contributed by atoms with Crippen molar-refractivity contribution in [2.24, 2.45) is 0 Å². The summed E-state index contributed by atoms with van der Waals surface area (Å²) in [4.78, 5) is 12.5. The number of amides is 1. The molecule has 3 rings (SSSR count). The van der Waals surface area contributed by atoms with Gasteiger partial charge in [0.2, 0.25) is 5.91 Å². The number of ether oxygens (including phenoxy) is 1. The highest BCUT2D eigenvalue weighted by molar-refractivity contribution is 7.92. The second-order valence-corrected chi connectivity index (χ2v) is 8.76. The second kappa shape index (κ2) is 9.19. The summed E-state index contributed by atoms with van der Waals surface area (Å²) in [6.45, 7) is 1.69. The molecule has 0 spiro atoms. The summed E-state index contributed by atoms with van der Waals surface area (Å²) in [5, 5.41) is 3.17. The number of aryl methyl sites for hydroxylation is 1. The van der Waals surface area contributed by atoms with Gasteiger partial charge in [-0.15, -0.1) is 0 Å².